The molecule has 4 rings (SSSR count). The molecule has 4 nitrogen and oxygen atoms in total. The second kappa shape index (κ2) is 7.09. The molecule has 1 aliphatic heterocycles. The molecule has 1 aliphatic carbocycles. The number of thiocarbonyl (C=S) groups is 1. The van der Waals surface area contributed by atoms with Crippen LogP contribution in [-0.4, -0.2) is 39.1 Å². The Labute approximate surface area is 149 Å². The Bertz CT molecular complexity index is 671. The molecule has 0 amide bonds. The van der Waals surface area contributed by atoms with E-state index in [4.69, 9.17) is 17.2 Å². The fourth-order valence-electron chi connectivity index (χ4n) is 4.06. The SMILES string of the molecule is S=C(NC1CCCCC1)N1CCC[C@@H](c2nc3ccccc3[nH]2)C1. The zero-order valence-corrected chi connectivity index (χ0v) is 14.9. The van der Waals surface area contributed by atoms with Crippen molar-refractivity contribution in [3.63, 3.8) is 0 Å². The van der Waals surface area contributed by atoms with Gasteiger partial charge in [-0.2, -0.15) is 0 Å². The predicted molar refractivity (Wildman–Crippen MR) is 102 cm³/mol. The maximum atomic E-state index is 5.71. The summed E-state index contributed by atoms with van der Waals surface area (Å²) in [6, 6.07) is 8.86. The van der Waals surface area contributed by atoms with E-state index >= 15 is 0 Å². The smallest absolute Gasteiger partial charge is 0.169 e. The summed E-state index contributed by atoms with van der Waals surface area (Å²) in [7, 11) is 0. The first-order valence-corrected chi connectivity index (χ1v) is 9.70. The van der Waals surface area contributed by atoms with Crippen LogP contribution in [0.15, 0.2) is 24.3 Å². The van der Waals surface area contributed by atoms with Crippen LogP contribution in [0.1, 0.15) is 56.7 Å². The number of aromatic amines is 1. The molecule has 2 fully saturated rings. The normalized spacial score (nSPS) is 22.7. The molecular weight excluding hydrogens is 316 g/mol. The van der Waals surface area contributed by atoms with E-state index < -0.39 is 0 Å². The highest BCUT2D eigenvalue weighted by Crippen LogP contribution is 2.27. The van der Waals surface area contributed by atoms with Crippen molar-refractivity contribution in [3.8, 4) is 0 Å². The maximum absolute atomic E-state index is 5.71. The molecule has 24 heavy (non-hydrogen) atoms. The first-order valence-electron chi connectivity index (χ1n) is 9.30. The zero-order chi connectivity index (χ0) is 16.4. The van der Waals surface area contributed by atoms with Crippen LogP contribution in [0.4, 0.5) is 0 Å². The molecule has 2 heterocycles. The fourth-order valence-corrected chi connectivity index (χ4v) is 4.40. The fraction of sp³-hybridized carbons (Fsp3) is 0.579. The number of rotatable bonds is 2. The Morgan fingerprint density at radius 2 is 1.96 bits per heavy atom. The number of aromatic nitrogens is 2. The van der Waals surface area contributed by atoms with Gasteiger partial charge >= 0.3 is 0 Å². The number of fused-ring (bicyclic) bond motifs is 1. The third-order valence-corrected chi connectivity index (χ3v) is 5.81. The molecule has 1 saturated heterocycles. The van der Waals surface area contributed by atoms with Gasteiger partial charge in [0.25, 0.3) is 0 Å². The van der Waals surface area contributed by atoms with Gasteiger partial charge in [0.2, 0.25) is 0 Å². The number of para-hydroxylation sites is 2. The molecule has 0 radical (unpaired) electrons. The molecule has 2 aromatic rings. The van der Waals surface area contributed by atoms with Crippen LogP contribution in [0.2, 0.25) is 0 Å². The van der Waals surface area contributed by atoms with E-state index in [-0.39, 0.29) is 0 Å². The summed E-state index contributed by atoms with van der Waals surface area (Å²) in [4.78, 5) is 10.7. The van der Waals surface area contributed by atoms with Crippen molar-refractivity contribution < 1.29 is 0 Å². The first-order chi connectivity index (χ1) is 11.8. The molecule has 1 atom stereocenters. The molecular formula is C19H26N4S. The molecule has 5 heteroatoms. The Hall–Kier alpha value is -1.62. The number of imidazole rings is 1. The van der Waals surface area contributed by atoms with Gasteiger partial charge in [-0.05, 0) is 50.0 Å². The summed E-state index contributed by atoms with van der Waals surface area (Å²) in [5.41, 5.74) is 2.19. The van der Waals surface area contributed by atoms with Gasteiger partial charge in [0, 0.05) is 25.0 Å². The maximum Gasteiger partial charge on any atom is 0.169 e. The van der Waals surface area contributed by atoms with Crippen molar-refractivity contribution in [2.75, 3.05) is 13.1 Å². The second-order valence-electron chi connectivity index (χ2n) is 7.21. The minimum Gasteiger partial charge on any atom is -0.360 e. The molecule has 2 N–H and O–H groups in total. The average Bonchev–Trinajstić information content (AvgIpc) is 3.07. The van der Waals surface area contributed by atoms with Gasteiger partial charge in [0.1, 0.15) is 5.82 Å². The molecule has 0 unspecified atom stereocenters. The van der Waals surface area contributed by atoms with Gasteiger partial charge in [-0.1, -0.05) is 31.4 Å². The number of nitrogens with one attached hydrogen (secondary N) is 2. The lowest BCUT2D eigenvalue weighted by Crippen LogP contribution is -2.48. The Morgan fingerprint density at radius 3 is 2.79 bits per heavy atom. The number of hydrogen-bond acceptors (Lipinski definition) is 2. The summed E-state index contributed by atoms with van der Waals surface area (Å²) in [6.07, 6.45) is 8.94. The van der Waals surface area contributed by atoms with Crippen LogP contribution in [0.25, 0.3) is 11.0 Å². The first kappa shape index (κ1) is 15.9. The van der Waals surface area contributed by atoms with E-state index in [1.54, 1.807) is 0 Å². The quantitative estimate of drug-likeness (QED) is 0.811. The van der Waals surface area contributed by atoms with E-state index in [1.165, 1.54) is 44.9 Å². The lowest BCUT2D eigenvalue weighted by Gasteiger charge is -2.36. The van der Waals surface area contributed by atoms with Crippen LogP contribution in [0.5, 0.6) is 0 Å². The van der Waals surface area contributed by atoms with Crippen LogP contribution < -0.4 is 5.32 Å². The summed E-state index contributed by atoms with van der Waals surface area (Å²) >= 11 is 5.71. The summed E-state index contributed by atoms with van der Waals surface area (Å²) in [5, 5.41) is 4.56. The number of nitrogens with zero attached hydrogens (tertiary/aromatic N) is 2. The highest BCUT2D eigenvalue weighted by Gasteiger charge is 2.26. The molecule has 0 bridgehead atoms. The molecule has 128 valence electrons. The van der Waals surface area contributed by atoms with Gasteiger partial charge < -0.3 is 15.2 Å². The standard InChI is InChI=1S/C19H26N4S/c24-19(20-15-8-2-1-3-9-15)23-12-6-7-14(13-23)18-21-16-10-4-5-11-17(16)22-18/h4-5,10-11,14-15H,1-3,6-9,12-13H2,(H,20,24)(H,21,22)/t14-/m1/s1. The van der Waals surface area contributed by atoms with E-state index in [9.17, 15) is 0 Å². The van der Waals surface area contributed by atoms with Crippen LogP contribution >= 0.6 is 12.2 Å². The molecule has 1 aromatic heterocycles. The van der Waals surface area contributed by atoms with Gasteiger partial charge in [0.15, 0.2) is 5.11 Å². The topological polar surface area (TPSA) is 44.0 Å². The number of H-pyrrole nitrogens is 1. The van der Waals surface area contributed by atoms with E-state index in [0.29, 0.717) is 12.0 Å². The van der Waals surface area contributed by atoms with Crippen molar-refractivity contribution in [1.82, 2.24) is 20.2 Å². The Balaban J connectivity index is 1.42. The van der Waals surface area contributed by atoms with Crippen molar-refractivity contribution >= 4 is 28.4 Å². The highest BCUT2D eigenvalue weighted by molar-refractivity contribution is 7.80. The van der Waals surface area contributed by atoms with Crippen molar-refractivity contribution in [2.24, 2.45) is 0 Å². The third-order valence-electron chi connectivity index (χ3n) is 5.44. The highest BCUT2D eigenvalue weighted by atomic mass is 32.1. The van der Waals surface area contributed by atoms with Crippen LogP contribution in [-0.2, 0) is 0 Å². The monoisotopic (exact) mass is 342 g/mol. The average molecular weight is 343 g/mol. The number of piperidine rings is 1. The molecule has 1 saturated carbocycles. The van der Waals surface area contributed by atoms with Gasteiger partial charge in [-0.3, -0.25) is 0 Å². The van der Waals surface area contributed by atoms with Crippen molar-refractivity contribution in [2.45, 2.75) is 56.9 Å². The lowest BCUT2D eigenvalue weighted by atomic mass is 9.95. The minimum atomic E-state index is 0.442. The van der Waals surface area contributed by atoms with E-state index in [0.717, 1.165) is 35.1 Å². The Morgan fingerprint density at radius 1 is 1.12 bits per heavy atom. The van der Waals surface area contributed by atoms with Crippen molar-refractivity contribution in [3.05, 3.63) is 30.1 Å². The Kier molecular flexibility index (Phi) is 4.69. The summed E-state index contributed by atoms with van der Waals surface area (Å²) < 4.78 is 0. The van der Waals surface area contributed by atoms with Crippen molar-refractivity contribution in [1.29, 1.82) is 0 Å². The predicted octanol–water partition coefficient (Wildman–Crippen LogP) is 3.95. The van der Waals surface area contributed by atoms with Crippen LogP contribution in [0, 0.1) is 0 Å². The van der Waals surface area contributed by atoms with Gasteiger partial charge in [0.05, 0.1) is 11.0 Å². The van der Waals surface area contributed by atoms with E-state index in [1.807, 2.05) is 6.07 Å². The van der Waals surface area contributed by atoms with E-state index in [2.05, 4.69) is 33.4 Å². The summed E-state index contributed by atoms with van der Waals surface area (Å²) in [6.45, 7) is 2.04. The third kappa shape index (κ3) is 3.41. The number of likely N-dealkylation sites (tertiary alicyclic amines) is 1. The minimum absolute atomic E-state index is 0.442. The lowest BCUT2D eigenvalue weighted by molar-refractivity contribution is 0.292. The molecule has 0 spiro atoms. The number of hydrogen-bond donors (Lipinski definition) is 2. The van der Waals surface area contributed by atoms with Gasteiger partial charge in [-0.25, -0.2) is 4.98 Å². The number of benzene rings is 1. The largest absolute Gasteiger partial charge is 0.360 e. The molecule has 1 aromatic carbocycles. The van der Waals surface area contributed by atoms with Crippen LogP contribution in [0.3, 0.4) is 0 Å². The second-order valence-corrected chi connectivity index (χ2v) is 7.60. The van der Waals surface area contributed by atoms with Gasteiger partial charge in [-0.15, -0.1) is 0 Å². The summed E-state index contributed by atoms with van der Waals surface area (Å²) in [5.74, 6) is 1.55. The molecule has 2 aliphatic rings. The zero-order valence-electron chi connectivity index (χ0n) is 14.1.